The average Bonchev–Trinajstić information content (AvgIpc) is 2.96. The predicted molar refractivity (Wildman–Crippen MR) is 93.2 cm³/mol. The molecule has 0 aliphatic rings. The Labute approximate surface area is 152 Å². The van der Waals surface area contributed by atoms with E-state index in [9.17, 15) is 18.0 Å². The molecule has 0 atom stereocenters. The number of carbonyl (C=O) groups is 2. The summed E-state index contributed by atoms with van der Waals surface area (Å²) in [5.74, 6) is -1.73. The molecule has 0 aliphatic heterocycles. The fourth-order valence-corrected chi connectivity index (χ4v) is 3.34. The number of carbonyl (C=O) groups excluding carboxylic acids is 1. The number of nitrogens with zero attached hydrogens (tertiary/aromatic N) is 2. The van der Waals surface area contributed by atoms with E-state index >= 15 is 0 Å². The van der Waals surface area contributed by atoms with E-state index < -0.39 is 21.9 Å². The number of halogens is 1. The minimum Gasteiger partial charge on any atom is -0.478 e. The average molecular weight is 395 g/mol. The molecule has 0 saturated heterocycles. The Morgan fingerprint density at radius 2 is 1.85 bits per heavy atom. The van der Waals surface area contributed by atoms with Crippen molar-refractivity contribution in [3.8, 4) is 0 Å². The third-order valence-electron chi connectivity index (χ3n) is 3.52. The minimum absolute atomic E-state index is 0.0161. The van der Waals surface area contributed by atoms with E-state index in [1.165, 1.54) is 41.3 Å². The van der Waals surface area contributed by atoms with Crippen molar-refractivity contribution >= 4 is 44.5 Å². The Balaban J connectivity index is 1.94. The van der Waals surface area contributed by atoms with Crippen LogP contribution in [0.15, 0.2) is 47.6 Å². The molecule has 0 aliphatic carbocycles. The molecule has 0 bridgehead atoms. The van der Waals surface area contributed by atoms with Crippen LogP contribution in [0.5, 0.6) is 0 Å². The number of rotatable bonds is 4. The summed E-state index contributed by atoms with van der Waals surface area (Å²) in [6, 6.07) is 7.88. The lowest BCUT2D eigenvalue weighted by Crippen LogP contribution is -2.23. The standard InChI is InChI=1S/C15H11ClN4O5S/c16-10-3-1-8(6-13(10)26(17,24)25)14(21)19-20-7-18-11-5-9(15(22)23)2-4-12(11)20/h1-7H,(H,19,21)(H,22,23)(H2,17,24,25). The van der Waals surface area contributed by atoms with Gasteiger partial charge in [-0.05, 0) is 36.4 Å². The highest BCUT2D eigenvalue weighted by molar-refractivity contribution is 7.89. The smallest absolute Gasteiger partial charge is 0.335 e. The zero-order chi connectivity index (χ0) is 19.1. The van der Waals surface area contributed by atoms with Crippen molar-refractivity contribution in [3.05, 3.63) is 58.9 Å². The van der Waals surface area contributed by atoms with E-state index in [1.54, 1.807) is 0 Å². The van der Waals surface area contributed by atoms with E-state index in [0.29, 0.717) is 11.0 Å². The van der Waals surface area contributed by atoms with E-state index in [4.69, 9.17) is 21.8 Å². The van der Waals surface area contributed by atoms with E-state index in [1.807, 2.05) is 0 Å². The largest absolute Gasteiger partial charge is 0.478 e. The first-order valence-electron chi connectivity index (χ1n) is 7.01. The lowest BCUT2D eigenvalue weighted by atomic mass is 10.2. The summed E-state index contributed by atoms with van der Waals surface area (Å²) < 4.78 is 24.3. The van der Waals surface area contributed by atoms with E-state index in [2.05, 4.69) is 10.4 Å². The number of nitrogens with one attached hydrogen (secondary N) is 1. The maximum atomic E-state index is 12.4. The summed E-state index contributed by atoms with van der Waals surface area (Å²) in [5, 5.41) is 14.0. The number of carboxylic acids is 1. The van der Waals surface area contributed by atoms with Gasteiger partial charge in [0.25, 0.3) is 5.91 Å². The normalized spacial score (nSPS) is 11.5. The highest BCUT2D eigenvalue weighted by Crippen LogP contribution is 2.22. The van der Waals surface area contributed by atoms with Gasteiger partial charge in [-0.3, -0.25) is 10.2 Å². The molecule has 0 fully saturated rings. The first-order chi connectivity index (χ1) is 12.2. The number of sulfonamides is 1. The number of aromatic nitrogens is 2. The predicted octanol–water partition coefficient (Wildman–Crippen LogP) is 1.42. The second-order valence-electron chi connectivity index (χ2n) is 5.25. The number of hydrogen-bond acceptors (Lipinski definition) is 5. The van der Waals surface area contributed by atoms with Gasteiger partial charge in [0.1, 0.15) is 11.2 Å². The van der Waals surface area contributed by atoms with Crippen molar-refractivity contribution in [1.29, 1.82) is 0 Å². The SMILES string of the molecule is NS(=O)(=O)c1cc(C(=O)Nn2cnc3cc(C(=O)O)ccc32)ccc1Cl. The maximum absolute atomic E-state index is 12.4. The highest BCUT2D eigenvalue weighted by atomic mass is 35.5. The summed E-state index contributed by atoms with van der Waals surface area (Å²) in [5.41, 5.74) is 3.42. The number of carboxylic acid groups (broad SMARTS) is 1. The molecule has 0 spiro atoms. The molecule has 4 N–H and O–H groups in total. The highest BCUT2D eigenvalue weighted by Gasteiger charge is 2.17. The Morgan fingerprint density at radius 3 is 2.50 bits per heavy atom. The Morgan fingerprint density at radius 1 is 1.15 bits per heavy atom. The zero-order valence-electron chi connectivity index (χ0n) is 12.9. The van der Waals surface area contributed by atoms with Crippen LogP contribution in [0, 0.1) is 0 Å². The summed E-state index contributed by atoms with van der Waals surface area (Å²) in [7, 11) is -4.09. The van der Waals surface area contributed by atoms with E-state index in [-0.39, 0.29) is 21.0 Å². The zero-order valence-corrected chi connectivity index (χ0v) is 14.5. The third kappa shape index (κ3) is 3.38. The number of fused-ring (bicyclic) bond motifs is 1. The summed E-state index contributed by atoms with van der Waals surface area (Å²) in [6.45, 7) is 0. The van der Waals surface area contributed by atoms with Gasteiger partial charge < -0.3 is 5.11 Å². The van der Waals surface area contributed by atoms with Crippen molar-refractivity contribution in [3.63, 3.8) is 0 Å². The Kier molecular flexibility index (Phi) is 4.40. The van der Waals surface area contributed by atoms with Crippen molar-refractivity contribution in [1.82, 2.24) is 9.66 Å². The van der Waals surface area contributed by atoms with Crippen LogP contribution in [0.4, 0.5) is 0 Å². The van der Waals surface area contributed by atoms with Crippen LogP contribution >= 0.6 is 11.6 Å². The fraction of sp³-hybridized carbons (Fsp3) is 0. The molecule has 1 amide bonds. The van der Waals surface area contributed by atoms with Crippen LogP contribution in [0.3, 0.4) is 0 Å². The molecule has 3 rings (SSSR count). The molecular weight excluding hydrogens is 384 g/mol. The monoisotopic (exact) mass is 394 g/mol. The lowest BCUT2D eigenvalue weighted by molar-refractivity contribution is 0.0696. The van der Waals surface area contributed by atoms with Crippen molar-refractivity contribution < 1.29 is 23.1 Å². The number of aromatic carboxylic acids is 1. The lowest BCUT2D eigenvalue weighted by Gasteiger charge is -2.09. The van der Waals surface area contributed by atoms with Crippen LogP contribution in [-0.4, -0.2) is 35.1 Å². The van der Waals surface area contributed by atoms with Gasteiger partial charge in [-0.25, -0.2) is 28.0 Å². The number of imidazole rings is 1. The molecule has 11 heteroatoms. The van der Waals surface area contributed by atoms with Crippen LogP contribution in [0.25, 0.3) is 11.0 Å². The second kappa shape index (κ2) is 6.41. The molecule has 9 nitrogen and oxygen atoms in total. The molecular formula is C15H11ClN4O5S. The molecule has 1 aromatic heterocycles. The molecule has 1 heterocycles. The molecule has 26 heavy (non-hydrogen) atoms. The number of nitrogens with two attached hydrogens (primary N) is 1. The summed E-state index contributed by atoms with van der Waals surface area (Å²) >= 11 is 5.79. The van der Waals surface area contributed by atoms with E-state index in [0.717, 1.165) is 6.07 Å². The summed E-state index contributed by atoms with van der Waals surface area (Å²) in [4.78, 5) is 27.0. The molecule has 0 saturated carbocycles. The van der Waals surface area contributed by atoms with Gasteiger partial charge in [-0.15, -0.1) is 0 Å². The number of amides is 1. The molecule has 3 aromatic rings. The Bertz CT molecular complexity index is 1160. The van der Waals surface area contributed by atoms with Gasteiger partial charge in [-0.2, -0.15) is 0 Å². The third-order valence-corrected chi connectivity index (χ3v) is 4.91. The summed E-state index contributed by atoms with van der Waals surface area (Å²) in [6.07, 6.45) is 1.30. The maximum Gasteiger partial charge on any atom is 0.335 e. The molecule has 0 radical (unpaired) electrons. The Hall–Kier alpha value is -2.95. The van der Waals surface area contributed by atoms with Crippen LogP contribution in [-0.2, 0) is 10.0 Å². The number of hydrogen-bond donors (Lipinski definition) is 3. The first kappa shape index (κ1) is 17.9. The van der Waals surface area contributed by atoms with Crippen molar-refractivity contribution in [2.24, 2.45) is 5.14 Å². The quantitative estimate of drug-likeness (QED) is 0.610. The van der Waals surface area contributed by atoms with Gasteiger partial charge in [0.05, 0.1) is 21.6 Å². The number of benzene rings is 2. The van der Waals surface area contributed by atoms with Gasteiger partial charge in [0, 0.05) is 5.56 Å². The molecule has 0 unspecified atom stereocenters. The van der Waals surface area contributed by atoms with Crippen LogP contribution < -0.4 is 10.6 Å². The number of primary sulfonamides is 1. The van der Waals surface area contributed by atoms with Gasteiger partial charge in [0.15, 0.2) is 0 Å². The minimum atomic E-state index is -4.09. The second-order valence-corrected chi connectivity index (χ2v) is 7.19. The van der Waals surface area contributed by atoms with Crippen molar-refractivity contribution in [2.45, 2.75) is 4.90 Å². The fourth-order valence-electron chi connectivity index (χ4n) is 2.27. The molecule has 2 aromatic carbocycles. The van der Waals surface area contributed by atoms with Crippen LogP contribution in [0.1, 0.15) is 20.7 Å². The van der Waals surface area contributed by atoms with Crippen LogP contribution in [0.2, 0.25) is 5.02 Å². The van der Waals surface area contributed by atoms with Gasteiger partial charge in [-0.1, -0.05) is 11.6 Å². The van der Waals surface area contributed by atoms with Gasteiger partial charge in [0.2, 0.25) is 10.0 Å². The van der Waals surface area contributed by atoms with Crippen molar-refractivity contribution in [2.75, 3.05) is 5.43 Å². The van der Waals surface area contributed by atoms with Gasteiger partial charge >= 0.3 is 5.97 Å². The molecule has 134 valence electrons. The topological polar surface area (TPSA) is 144 Å². The first-order valence-corrected chi connectivity index (χ1v) is 8.93.